The molecule has 4 nitrogen and oxygen atoms in total. The maximum atomic E-state index is 10.9. The number of phenols is 1. The molecule has 0 aliphatic rings. The van der Waals surface area contributed by atoms with E-state index in [0.717, 1.165) is 11.1 Å². The monoisotopic (exact) mass is 256 g/mol. The number of nitrogens with one attached hydrogen (secondary N) is 1. The van der Waals surface area contributed by atoms with Crippen molar-refractivity contribution in [2.45, 2.75) is 6.04 Å². The van der Waals surface area contributed by atoms with Gasteiger partial charge in [-0.25, -0.2) is 0 Å². The van der Waals surface area contributed by atoms with E-state index in [-0.39, 0.29) is 18.3 Å². The summed E-state index contributed by atoms with van der Waals surface area (Å²) in [5.41, 5.74) is 7.18. The standard InChI is InChI=1S/C15H16N2O2/c16-14(19)10-17-15(11-4-2-1-3-5-11)12-6-8-13(18)9-7-12/h1-9,15,17-18H,10H2,(H2,16,19). The number of nitrogens with two attached hydrogens (primary N) is 1. The SMILES string of the molecule is NC(=O)CNC(c1ccccc1)c1ccc(O)cc1. The number of carbonyl (C=O) groups is 1. The van der Waals surface area contributed by atoms with Gasteiger partial charge in [0.25, 0.3) is 0 Å². The maximum Gasteiger partial charge on any atom is 0.231 e. The average molecular weight is 256 g/mol. The van der Waals surface area contributed by atoms with Crippen LogP contribution in [0.15, 0.2) is 54.6 Å². The molecule has 2 aromatic rings. The van der Waals surface area contributed by atoms with Crippen LogP contribution in [0.4, 0.5) is 0 Å². The lowest BCUT2D eigenvalue weighted by Crippen LogP contribution is -2.32. The van der Waals surface area contributed by atoms with E-state index in [1.165, 1.54) is 0 Å². The molecule has 4 N–H and O–H groups in total. The Morgan fingerprint density at radius 2 is 1.63 bits per heavy atom. The Balaban J connectivity index is 2.28. The molecule has 0 aliphatic carbocycles. The van der Waals surface area contributed by atoms with E-state index in [4.69, 9.17) is 5.73 Å². The third kappa shape index (κ3) is 3.56. The summed E-state index contributed by atoms with van der Waals surface area (Å²) in [7, 11) is 0. The van der Waals surface area contributed by atoms with Gasteiger partial charge in [0.2, 0.25) is 5.91 Å². The number of phenolic OH excluding ortho intramolecular Hbond substituents is 1. The van der Waals surface area contributed by atoms with Crippen molar-refractivity contribution in [3.05, 3.63) is 65.7 Å². The lowest BCUT2D eigenvalue weighted by molar-refractivity contribution is -0.117. The maximum absolute atomic E-state index is 10.9. The van der Waals surface area contributed by atoms with Crippen molar-refractivity contribution in [2.24, 2.45) is 5.73 Å². The van der Waals surface area contributed by atoms with Crippen LogP contribution in [-0.4, -0.2) is 17.6 Å². The third-order valence-electron chi connectivity index (χ3n) is 2.84. The van der Waals surface area contributed by atoms with Gasteiger partial charge in [0.1, 0.15) is 5.75 Å². The van der Waals surface area contributed by atoms with Gasteiger partial charge in [-0.3, -0.25) is 10.1 Å². The molecule has 0 aromatic heterocycles. The largest absolute Gasteiger partial charge is 0.508 e. The highest BCUT2D eigenvalue weighted by Gasteiger charge is 2.13. The van der Waals surface area contributed by atoms with Crippen LogP contribution in [0.3, 0.4) is 0 Å². The van der Waals surface area contributed by atoms with Gasteiger partial charge in [-0.1, -0.05) is 42.5 Å². The first kappa shape index (κ1) is 13.1. The number of benzene rings is 2. The van der Waals surface area contributed by atoms with Crippen LogP contribution in [0.5, 0.6) is 5.75 Å². The smallest absolute Gasteiger partial charge is 0.231 e. The molecule has 19 heavy (non-hydrogen) atoms. The van der Waals surface area contributed by atoms with E-state index in [1.807, 2.05) is 42.5 Å². The van der Waals surface area contributed by atoms with Crippen LogP contribution in [-0.2, 0) is 4.79 Å². The Morgan fingerprint density at radius 3 is 2.21 bits per heavy atom. The van der Waals surface area contributed by atoms with Crippen molar-refractivity contribution in [1.82, 2.24) is 5.32 Å². The number of hydrogen-bond acceptors (Lipinski definition) is 3. The van der Waals surface area contributed by atoms with Crippen LogP contribution in [0, 0.1) is 0 Å². The Hall–Kier alpha value is -2.33. The molecule has 0 heterocycles. The van der Waals surface area contributed by atoms with Crippen LogP contribution in [0.1, 0.15) is 17.2 Å². The zero-order valence-corrected chi connectivity index (χ0v) is 10.4. The second-order valence-electron chi connectivity index (χ2n) is 4.28. The fraction of sp³-hybridized carbons (Fsp3) is 0.133. The van der Waals surface area contributed by atoms with Crippen LogP contribution >= 0.6 is 0 Å². The lowest BCUT2D eigenvalue weighted by atomic mass is 9.98. The summed E-state index contributed by atoms with van der Waals surface area (Å²) in [6.45, 7) is 0.0977. The van der Waals surface area contributed by atoms with E-state index < -0.39 is 5.91 Å². The van der Waals surface area contributed by atoms with E-state index in [9.17, 15) is 9.90 Å². The number of amides is 1. The summed E-state index contributed by atoms with van der Waals surface area (Å²) in [4.78, 5) is 10.9. The van der Waals surface area contributed by atoms with E-state index in [1.54, 1.807) is 12.1 Å². The molecular formula is C15H16N2O2. The van der Waals surface area contributed by atoms with Crippen LogP contribution < -0.4 is 11.1 Å². The van der Waals surface area contributed by atoms with E-state index >= 15 is 0 Å². The third-order valence-corrected chi connectivity index (χ3v) is 2.84. The first-order valence-corrected chi connectivity index (χ1v) is 6.02. The molecule has 1 unspecified atom stereocenters. The molecule has 98 valence electrons. The lowest BCUT2D eigenvalue weighted by Gasteiger charge is -2.19. The van der Waals surface area contributed by atoms with Crippen molar-refractivity contribution < 1.29 is 9.90 Å². The van der Waals surface area contributed by atoms with Crippen molar-refractivity contribution in [2.75, 3.05) is 6.54 Å². The van der Waals surface area contributed by atoms with Crippen molar-refractivity contribution in [3.8, 4) is 5.75 Å². The Morgan fingerprint density at radius 1 is 1.05 bits per heavy atom. The van der Waals surface area contributed by atoms with Gasteiger partial charge in [-0.05, 0) is 23.3 Å². The Labute approximate surface area is 111 Å². The molecule has 1 amide bonds. The molecule has 0 fully saturated rings. The Kier molecular flexibility index (Phi) is 4.15. The van der Waals surface area contributed by atoms with E-state index in [2.05, 4.69) is 5.32 Å². The zero-order valence-electron chi connectivity index (χ0n) is 10.4. The number of primary amides is 1. The highest BCUT2D eigenvalue weighted by Crippen LogP contribution is 2.23. The fourth-order valence-electron chi connectivity index (χ4n) is 1.94. The van der Waals surface area contributed by atoms with E-state index in [0.29, 0.717) is 0 Å². The summed E-state index contributed by atoms with van der Waals surface area (Å²) in [6, 6.07) is 16.5. The zero-order chi connectivity index (χ0) is 13.7. The minimum absolute atomic E-state index is 0.0977. The highest BCUT2D eigenvalue weighted by atomic mass is 16.3. The molecule has 0 radical (unpaired) electrons. The molecule has 0 spiro atoms. The molecule has 0 saturated carbocycles. The van der Waals surface area contributed by atoms with Gasteiger partial charge in [0.05, 0.1) is 12.6 Å². The first-order valence-electron chi connectivity index (χ1n) is 6.02. The predicted molar refractivity (Wildman–Crippen MR) is 73.6 cm³/mol. The fourth-order valence-corrected chi connectivity index (χ4v) is 1.94. The highest BCUT2D eigenvalue weighted by molar-refractivity contribution is 5.76. The molecular weight excluding hydrogens is 240 g/mol. The van der Waals surface area contributed by atoms with Gasteiger partial charge in [-0.2, -0.15) is 0 Å². The quantitative estimate of drug-likeness (QED) is 0.760. The molecule has 0 bridgehead atoms. The number of aromatic hydroxyl groups is 1. The summed E-state index contributed by atoms with van der Waals surface area (Å²) < 4.78 is 0. The van der Waals surface area contributed by atoms with Gasteiger partial charge in [-0.15, -0.1) is 0 Å². The van der Waals surface area contributed by atoms with Crippen LogP contribution in [0.25, 0.3) is 0 Å². The summed E-state index contributed by atoms with van der Waals surface area (Å²) in [5.74, 6) is -0.190. The topological polar surface area (TPSA) is 75.4 Å². The van der Waals surface area contributed by atoms with Gasteiger partial charge >= 0.3 is 0 Å². The summed E-state index contributed by atoms with van der Waals surface area (Å²) >= 11 is 0. The molecule has 0 aliphatic heterocycles. The molecule has 2 rings (SSSR count). The van der Waals surface area contributed by atoms with Crippen molar-refractivity contribution >= 4 is 5.91 Å². The summed E-state index contributed by atoms with van der Waals surface area (Å²) in [5, 5.41) is 12.4. The predicted octanol–water partition coefficient (Wildman–Crippen LogP) is 1.56. The van der Waals surface area contributed by atoms with Crippen LogP contribution in [0.2, 0.25) is 0 Å². The van der Waals surface area contributed by atoms with Crippen molar-refractivity contribution in [1.29, 1.82) is 0 Å². The molecule has 4 heteroatoms. The summed E-state index contributed by atoms with van der Waals surface area (Å²) in [6.07, 6.45) is 0. The number of carbonyl (C=O) groups excluding carboxylic acids is 1. The minimum atomic E-state index is -0.403. The van der Waals surface area contributed by atoms with Gasteiger partial charge < -0.3 is 10.8 Å². The van der Waals surface area contributed by atoms with Gasteiger partial charge in [0.15, 0.2) is 0 Å². The first-order chi connectivity index (χ1) is 9.16. The van der Waals surface area contributed by atoms with Crippen molar-refractivity contribution in [3.63, 3.8) is 0 Å². The normalized spacial score (nSPS) is 12.0. The second-order valence-corrected chi connectivity index (χ2v) is 4.28. The average Bonchev–Trinajstić information content (AvgIpc) is 2.42. The second kappa shape index (κ2) is 6.02. The Bertz CT molecular complexity index is 538. The van der Waals surface area contributed by atoms with Gasteiger partial charge in [0, 0.05) is 0 Å². The molecule has 2 aromatic carbocycles. The number of hydrogen-bond donors (Lipinski definition) is 3. The number of rotatable bonds is 5. The minimum Gasteiger partial charge on any atom is -0.508 e. The molecule has 1 atom stereocenters. The molecule has 0 saturated heterocycles.